The number of aryl methyl sites for hydroxylation is 1. The molecule has 0 amide bonds. The molecule has 0 nitrogen and oxygen atoms in total. The van der Waals surface area contributed by atoms with Gasteiger partial charge in [0.2, 0.25) is 0 Å². The number of benzene rings is 2. The minimum Gasteiger partial charge on any atom is -0.0840 e. The Morgan fingerprint density at radius 3 is 2.26 bits per heavy atom. The molecule has 98 valence electrons. The van der Waals surface area contributed by atoms with E-state index in [2.05, 4.69) is 68.5 Å². The summed E-state index contributed by atoms with van der Waals surface area (Å²) < 4.78 is 0. The molecule has 0 bridgehead atoms. The van der Waals surface area contributed by atoms with Crippen LogP contribution in [0.1, 0.15) is 36.0 Å². The molecule has 0 aliphatic carbocycles. The molecule has 0 fully saturated rings. The Kier molecular flexibility index (Phi) is 4.81. The van der Waals surface area contributed by atoms with Crippen LogP contribution in [0, 0.1) is 6.92 Å². The largest absolute Gasteiger partial charge is 0.0840 e. The summed E-state index contributed by atoms with van der Waals surface area (Å²) in [6.07, 6.45) is 3.20. The molecule has 0 aliphatic heterocycles. The molecule has 1 atom stereocenters. The molecule has 0 spiro atoms. The van der Waals surface area contributed by atoms with E-state index in [1.807, 2.05) is 6.07 Å². The predicted molar refractivity (Wildman–Crippen MR) is 84.5 cm³/mol. The van der Waals surface area contributed by atoms with E-state index in [0.717, 1.165) is 17.0 Å². The van der Waals surface area contributed by atoms with Gasteiger partial charge < -0.3 is 0 Å². The van der Waals surface area contributed by atoms with Crippen LogP contribution in [-0.4, -0.2) is 0 Å². The molecule has 0 heterocycles. The van der Waals surface area contributed by atoms with Gasteiger partial charge in [-0.3, -0.25) is 0 Å². The molecule has 0 N–H and O–H groups in total. The van der Waals surface area contributed by atoms with Crippen molar-refractivity contribution < 1.29 is 0 Å². The number of rotatable bonds is 4. The van der Waals surface area contributed by atoms with Gasteiger partial charge in [-0.1, -0.05) is 84.8 Å². The Balaban J connectivity index is 2.25. The first-order chi connectivity index (χ1) is 9.20. The third kappa shape index (κ3) is 3.71. The van der Waals surface area contributed by atoms with Crippen molar-refractivity contribution in [2.45, 2.75) is 26.2 Å². The molecule has 1 unspecified atom stereocenters. The number of halogens is 1. The summed E-state index contributed by atoms with van der Waals surface area (Å²) in [5.41, 5.74) is 3.65. The van der Waals surface area contributed by atoms with Crippen LogP contribution in [-0.2, 0) is 0 Å². The maximum atomic E-state index is 6.44. The predicted octanol–water partition coefficient (Wildman–Crippen LogP) is 5.77. The van der Waals surface area contributed by atoms with Crippen molar-refractivity contribution in [1.29, 1.82) is 0 Å². The summed E-state index contributed by atoms with van der Waals surface area (Å²) in [7, 11) is 0. The maximum absolute atomic E-state index is 6.44. The van der Waals surface area contributed by atoms with Gasteiger partial charge in [-0.2, -0.15) is 0 Å². The quantitative estimate of drug-likeness (QED) is 0.662. The van der Waals surface area contributed by atoms with Gasteiger partial charge in [0, 0.05) is 11.0 Å². The number of allylic oxidation sites excluding steroid dienone is 1. The first kappa shape index (κ1) is 13.9. The third-order valence-corrected chi connectivity index (χ3v) is 3.69. The van der Waals surface area contributed by atoms with E-state index in [0.29, 0.717) is 5.92 Å². The van der Waals surface area contributed by atoms with Crippen LogP contribution in [0.4, 0.5) is 0 Å². The van der Waals surface area contributed by atoms with Crippen LogP contribution in [0.15, 0.2) is 60.7 Å². The lowest BCUT2D eigenvalue weighted by molar-refractivity contribution is 0.808. The minimum absolute atomic E-state index is 0.370. The zero-order chi connectivity index (χ0) is 13.7. The van der Waals surface area contributed by atoms with Gasteiger partial charge in [-0.25, -0.2) is 0 Å². The number of hydrogen-bond donors (Lipinski definition) is 0. The second-order valence-corrected chi connectivity index (χ2v) is 5.21. The molecule has 0 radical (unpaired) electrons. The standard InChI is InChI=1S/C18H19Cl/c1-3-15(16-7-5-4-6-8-16)13-18(19)17-11-9-14(2)10-12-17/h4-13,15H,3H2,1-2H3/b18-13+. The minimum atomic E-state index is 0.370. The maximum Gasteiger partial charge on any atom is 0.0444 e. The third-order valence-electron chi connectivity index (χ3n) is 3.34. The van der Waals surface area contributed by atoms with Crippen molar-refractivity contribution in [2.24, 2.45) is 0 Å². The molecule has 2 aromatic rings. The van der Waals surface area contributed by atoms with Crippen LogP contribution in [0.3, 0.4) is 0 Å². The molecule has 1 heteroatoms. The second kappa shape index (κ2) is 6.58. The molecule has 2 rings (SSSR count). The Morgan fingerprint density at radius 1 is 1.05 bits per heavy atom. The van der Waals surface area contributed by atoms with Gasteiger partial charge in [-0.15, -0.1) is 0 Å². The Labute approximate surface area is 120 Å². The van der Waals surface area contributed by atoms with Gasteiger partial charge in [0.05, 0.1) is 0 Å². The monoisotopic (exact) mass is 270 g/mol. The lowest BCUT2D eigenvalue weighted by Crippen LogP contribution is -1.93. The Bertz CT molecular complexity index is 538. The van der Waals surface area contributed by atoms with Crippen molar-refractivity contribution in [3.8, 4) is 0 Å². The normalized spacial score (nSPS) is 13.3. The summed E-state index contributed by atoms with van der Waals surface area (Å²) in [6, 6.07) is 18.8. The van der Waals surface area contributed by atoms with Gasteiger partial charge in [-0.05, 0) is 24.5 Å². The molecule has 0 aromatic heterocycles. The fraction of sp³-hybridized carbons (Fsp3) is 0.222. The highest BCUT2D eigenvalue weighted by molar-refractivity contribution is 6.48. The van der Waals surface area contributed by atoms with Crippen molar-refractivity contribution in [3.63, 3.8) is 0 Å². The first-order valence-electron chi connectivity index (χ1n) is 6.70. The van der Waals surface area contributed by atoms with Crippen LogP contribution >= 0.6 is 11.6 Å². The summed E-state index contributed by atoms with van der Waals surface area (Å²) in [5.74, 6) is 0.370. The Morgan fingerprint density at radius 2 is 1.68 bits per heavy atom. The first-order valence-corrected chi connectivity index (χ1v) is 7.08. The van der Waals surface area contributed by atoms with Gasteiger partial charge in [0.25, 0.3) is 0 Å². The molecular weight excluding hydrogens is 252 g/mol. The van der Waals surface area contributed by atoms with Crippen molar-refractivity contribution >= 4 is 16.6 Å². The fourth-order valence-corrected chi connectivity index (χ4v) is 2.41. The summed E-state index contributed by atoms with van der Waals surface area (Å²) in [6.45, 7) is 4.27. The van der Waals surface area contributed by atoms with Gasteiger partial charge >= 0.3 is 0 Å². The van der Waals surface area contributed by atoms with Crippen LogP contribution < -0.4 is 0 Å². The summed E-state index contributed by atoms with van der Waals surface area (Å²) >= 11 is 6.44. The van der Waals surface area contributed by atoms with Gasteiger partial charge in [0.15, 0.2) is 0 Å². The van der Waals surface area contributed by atoms with E-state index >= 15 is 0 Å². The van der Waals surface area contributed by atoms with E-state index in [1.165, 1.54) is 11.1 Å². The highest BCUT2D eigenvalue weighted by atomic mass is 35.5. The topological polar surface area (TPSA) is 0 Å². The van der Waals surface area contributed by atoms with E-state index in [9.17, 15) is 0 Å². The van der Waals surface area contributed by atoms with Crippen LogP contribution in [0.5, 0.6) is 0 Å². The lowest BCUT2D eigenvalue weighted by atomic mass is 9.95. The number of hydrogen-bond acceptors (Lipinski definition) is 0. The van der Waals surface area contributed by atoms with Crippen molar-refractivity contribution in [3.05, 3.63) is 77.4 Å². The van der Waals surface area contributed by atoms with Crippen molar-refractivity contribution in [1.82, 2.24) is 0 Å². The van der Waals surface area contributed by atoms with Crippen LogP contribution in [0.25, 0.3) is 5.03 Å². The average molecular weight is 271 g/mol. The molecule has 0 saturated carbocycles. The van der Waals surface area contributed by atoms with Crippen molar-refractivity contribution in [2.75, 3.05) is 0 Å². The zero-order valence-electron chi connectivity index (χ0n) is 11.4. The zero-order valence-corrected chi connectivity index (χ0v) is 12.2. The lowest BCUT2D eigenvalue weighted by Gasteiger charge is -2.12. The van der Waals surface area contributed by atoms with Crippen LogP contribution in [0.2, 0.25) is 0 Å². The molecule has 2 aromatic carbocycles. The Hall–Kier alpha value is -1.53. The highest BCUT2D eigenvalue weighted by Gasteiger charge is 2.07. The molecule has 19 heavy (non-hydrogen) atoms. The molecular formula is C18H19Cl. The smallest absolute Gasteiger partial charge is 0.0444 e. The summed E-state index contributed by atoms with van der Waals surface area (Å²) in [4.78, 5) is 0. The van der Waals surface area contributed by atoms with E-state index in [1.54, 1.807) is 0 Å². The fourth-order valence-electron chi connectivity index (χ4n) is 2.14. The average Bonchev–Trinajstić information content (AvgIpc) is 2.46. The molecule has 0 saturated heterocycles. The SMILES string of the molecule is CCC(/C=C(/Cl)c1ccc(C)cc1)c1ccccc1. The second-order valence-electron chi connectivity index (χ2n) is 4.81. The van der Waals surface area contributed by atoms with Gasteiger partial charge in [0.1, 0.15) is 0 Å². The highest BCUT2D eigenvalue weighted by Crippen LogP contribution is 2.28. The summed E-state index contributed by atoms with van der Waals surface area (Å²) in [5, 5.41) is 0.829. The van der Waals surface area contributed by atoms with E-state index in [-0.39, 0.29) is 0 Å². The van der Waals surface area contributed by atoms with E-state index in [4.69, 9.17) is 11.6 Å². The van der Waals surface area contributed by atoms with E-state index < -0.39 is 0 Å². The molecule has 0 aliphatic rings.